The van der Waals surface area contributed by atoms with Crippen LogP contribution in [-0.2, 0) is 11.2 Å². The minimum absolute atomic E-state index is 0.196. The highest BCUT2D eigenvalue weighted by molar-refractivity contribution is 6.43. The summed E-state index contributed by atoms with van der Waals surface area (Å²) in [4.78, 5) is 10.5. The average molecular weight is 309 g/mol. The molecule has 0 aliphatic carbocycles. The van der Waals surface area contributed by atoms with E-state index in [2.05, 4.69) is 0 Å². The van der Waals surface area contributed by atoms with Crippen LogP contribution >= 0.6 is 23.2 Å². The van der Waals surface area contributed by atoms with Crippen molar-refractivity contribution in [2.45, 2.75) is 19.3 Å². The first-order chi connectivity index (χ1) is 9.58. The van der Waals surface area contributed by atoms with Crippen molar-refractivity contribution < 1.29 is 9.90 Å². The number of aliphatic carboxylic acids is 1. The van der Waals surface area contributed by atoms with Gasteiger partial charge in [0.05, 0.1) is 10.0 Å². The fourth-order valence-electron chi connectivity index (χ4n) is 2.02. The first kappa shape index (κ1) is 14.9. The smallest absolute Gasteiger partial charge is 0.303 e. The van der Waals surface area contributed by atoms with E-state index >= 15 is 0 Å². The number of rotatable bonds is 5. The van der Waals surface area contributed by atoms with Crippen molar-refractivity contribution >= 4 is 29.2 Å². The van der Waals surface area contributed by atoms with Gasteiger partial charge in [0, 0.05) is 12.0 Å². The second kappa shape index (κ2) is 6.78. The molecule has 0 saturated heterocycles. The van der Waals surface area contributed by atoms with E-state index in [9.17, 15) is 4.79 Å². The summed E-state index contributed by atoms with van der Waals surface area (Å²) in [5.41, 5.74) is 3.02. The fourth-order valence-corrected chi connectivity index (χ4v) is 2.43. The molecule has 0 aliphatic rings. The van der Waals surface area contributed by atoms with Gasteiger partial charge < -0.3 is 5.11 Å². The van der Waals surface area contributed by atoms with E-state index in [0.29, 0.717) is 16.5 Å². The van der Waals surface area contributed by atoms with Gasteiger partial charge >= 0.3 is 5.97 Å². The Morgan fingerprint density at radius 2 is 1.75 bits per heavy atom. The molecule has 2 aromatic carbocycles. The molecule has 104 valence electrons. The Labute approximate surface area is 128 Å². The molecule has 0 atom stereocenters. The second-order valence-corrected chi connectivity index (χ2v) is 5.33. The van der Waals surface area contributed by atoms with Crippen molar-refractivity contribution in [3.63, 3.8) is 0 Å². The molecule has 0 saturated carbocycles. The van der Waals surface area contributed by atoms with Crippen LogP contribution in [0.2, 0.25) is 10.0 Å². The lowest BCUT2D eigenvalue weighted by Crippen LogP contribution is -1.95. The van der Waals surface area contributed by atoms with E-state index in [4.69, 9.17) is 28.3 Å². The Balaban J connectivity index is 2.12. The molecule has 0 spiro atoms. The van der Waals surface area contributed by atoms with Crippen LogP contribution in [0.15, 0.2) is 42.5 Å². The van der Waals surface area contributed by atoms with Gasteiger partial charge in [-0.3, -0.25) is 4.79 Å². The summed E-state index contributed by atoms with van der Waals surface area (Å²) in [6.45, 7) is 0. The number of hydrogen-bond donors (Lipinski definition) is 1. The largest absolute Gasteiger partial charge is 0.481 e. The van der Waals surface area contributed by atoms with Crippen molar-refractivity contribution in [1.82, 2.24) is 0 Å². The van der Waals surface area contributed by atoms with E-state index < -0.39 is 5.97 Å². The average Bonchev–Trinajstić information content (AvgIpc) is 2.42. The number of benzene rings is 2. The highest BCUT2D eigenvalue weighted by Gasteiger charge is 2.06. The van der Waals surface area contributed by atoms with Gasteiger partial charge in [-0.2, -0.15) is 0 Å². The predicted molar refractivity (Wildman–Crippen MR) is 82.5 cm³/mol. The van der Waals surface area contributed by atoms with Gasteiger partial charge in [-0.1, -0.05) is 59.6 Å². The van der Waals surface area contributed by atoms with E-state index in [0.717, 1.165) is 23.1 Å². The van der Waals surface area contributed by atoms with Crippen LogP contribution in [0, 0.1) is 0 Å². The van der Waals surface area contributed by atoms with Gasteiger partial charge in [0.15, 0.2) is 0 Å². The molecule has 0 amide bonds. The SMILES string of the molecule is O=C(O)CCCc1ccc(-c2cccc(Cl)c2Cl)cc1. The summed E-state index contributed by atoms with van der Waals surface area (Å²) in [6.07, 6.45) is 1.60. The number of carbonyl (C=O) groups is 1. The third-order valence-electron chi connectivity index (χ3n) is 3.07. The van der Waals surface area contributed by atoms with Gasteiger partial charge in [0.25, 0.3) is 0 Å². The van der Waals surface area contributed by atoms with Crippen LogP contribution in [0.1, 0.15) is 18.4 Å². The highest BCUT2D eigenvalue weighted by Crippen LogP contribution is 2.33. The molecular formula is C16H14Cl2O2. The Kier molecular flexibility index (Phi) is 5.05. The number of hydrogen-bond acceptors (Lipinski definition) is 1. The van der Waals surface area contributed by atoms with Gasteiger partial charge in [-0.25, -0.2) is 0 Å². The highest BCUT2D eigenvalue weighted by atomic mass is 35.5. The van der Waals surface area contributed by atoms with Crippen molar-refractivity contribution in [3.05, 3.63) is 58.1 Å². The molecule has 2 nitrogen and oxygen atoms in total. The Morgan fingerprint density at radius 3 is 2.40 bits per heavy atom. The van der Waals surface area contributed by atoms with Crippen LogP contribution in [0.3, 0.4) is 0 Å². The summed E-state index contributed by atoms with van der Waals surface area (Å²) >= 11 is 12.2. The van der Waals surface area contributed by atoms with Gasteiger partial charge in [-0.05, 0) is 30.0 Å². The topological polar surface area (TPSA) is 37.3 Å². The quantitative estimate of drug-likeness (QED) is 0.837. The summed E-state index contributed by atoms with van der Waals surface area (Å²) in [6, 6.07) is 13.5. The van der Waals surface area contributed by atoms with Gasteiger partial charge in [0.1, 0.15) is 0 Å². The summed E-state index contributed by atoms with van der Waals surface area (Å²) in [7, 11) is 0. The molecule has 1 N–H and O–H groups in total. The molecule has 4 heteroatoms. The summed E-state index contributed by atoms with van der Waals surface area (Å²) < 4.78 is 0. The van der Waals surface area contributed by atoms with Crippen molar-refractivity contribution in [1.29, 1.82) is 0 Å². The molecule has 0 unspecified atom stereocenters. The second-order valence-electron chi connectivity index (χ2n) is 4.55. The maximum absolute atomic E-state index is 10.5. The zero-order chi connectivity index (χ0) is 14.5. The van der Waals surface area contributed by atoms with E-state index in [1.54, 1.807) is 6.07 Å². The van der Waals surface area contributed by atoms with E-state index in [-0.39, 0.29) is 6.42 Å². The number of carboxylic acids is 1. The number of aryl methyl sites for hydroxylation is 1. The Bertz CT molecular complexity index is 606. The first-order valence-electron chi connectivity index (χ1n) is 6.33. The zero-order valence-corrected chi connectivity index (χ0v) is 12.3. The van der Waals surface area contributed by atoms with Crippen LogP contribution in [0.5, 0.6) is 0 Å². The minimum Gasteiger partial charge on any atom is -0.481 e. The lowest BCUT2D eigenvalue weighted by Gasteiger charge is -2.07. The maximum Gasteiger partial charge on any atom is 0.303 e. The summed E-state index contributed by atoms with van der Waals surface area (Å²) in [5.74, 6) is -0.757. The van der Waals surface area contributed by atoms with Crippen LogP contribution < -0.4 is 0 Å². The molecule has 20 heavy (non-hydrogen) atoms. The zero-order valence-electron chi connectivity index (χ0n) is 10.8. The molecule has 0 radical (unpaired) electrons. The van der Waals surface area contributed by atoms with Gasteiger partial charge in [-0.15, -0.1) is 0 Å². The fraction of sp³-hybridized carbons (Fsp3) is 0.188. The van der Waals surface area contributed by atoms with Crippen molar-refractivity contribution in [2.75, 3.05) is 0 Å². The molecule has 0 aliphatic heterocycles. The Morgan fingerprint density at radius 1 is 1.05 bits per heavy atom. The predicted octanol–water partition coefficient (Wildman–Crippen LogP) is 5.07. The van der Waals surface area contributed by atoms with E-state index in [1.807, 2.05) is 36.4 Å². The molecular weight excluding hydrogens is 295 g/mol. The van der Waals surface area contributed by atoms with E-state index in [1.165, 1.54) is 0 Å². The van der Waals surface area contributed by atoms with Crippen LogP contribution in [0.25, 0.3) is 11.1 Å². The summed E-state index contributed by atoms with van der Waals surface area (Å²) in [5, 5.41) is 9.70. The number of carboxylic acid groups (broad SMARTS) is 1. The van der Waals surface area contributed by atoms with Crippen molar-refractivity contribution in [3.8, 4) is 11.1 Å². The first-order valence-corrected chi connectivity index (χ1v) is 7.08. The normalized spacial score (nSPS) is 10.5. The van der Waals surface area contributed by atoms with Gasteiger partial charge in [0.2, 0.25) is 0 Å². The lowest BCUT2D eigenvalue weighted by atomic mass is 10.0. The lowest BCUT2D eigenvalue weighted by molar-refractivity contribution is -0.137. The van der Waals surface area contributed by atoms with Crippen LogP contribution in [-0.4, -0.2) is 11.1 Å². The third kappa shape index (κ3) is 3.75. The molecule has 0 bridgehead atoms. The monoisotopic (exact) mass is 308 g/mol. The third-order valence-corrected chi connectivity index (χ3v) is 3.89. The maximum atomic E-state index is 10.5. The molecule has 0 aromatic heterocycles. The molecule has 0 fully saturated rings. The van der Waals surface area contributed by atoms with Crippen molar-refractivity contribution in [2.24, 2.45) is 0 Å². The molecule has 0 heterocycles. The standard InChI is InChI=1S/C16H14Cl2O2/c17-14-5-2-4-13(16(14)18)12-9-7-11(8-10-12)3-1-6-15(19)20/h2,4-5,7-10H,1,3,6H2,(H,19,20). The number of halogens is 2. The Hall–Kier alpha value is -1.51. The minimum atomic E-state index is -0.757. The molecule has 2 rings (SSSR count). The molecule has 2 aromatic rings. The van der Waals surface area contributed by atoms with Crippen LogP contribution in [0.4, 0.5) is 0 Å².